The van der Waals surface area contributed by atoms with Gasteiger partial charge in [-0.25, -0.2) is 4.68 Å². The number of hydrogen-bond donors (Lipinski definition) is 1. The van der Waals surface area contributed by atoms with Crippen LogP contribution < -0.4 is 10.9 Å². The maximum atomic E-state index is 12.5. The predicted octanol–water partition coefficient (Wildman–Crippen LogP) is 1.91. The van der Waals surface area contributed by atoms with E-state index >= 15 is 0 Å². The van der Waals surface area contributed by atoms with Gasteiger partial charge in [0.05, 0.1) is 11.9 Å². The van der Waals surface area contributed by atoms with Crippen molar-refractivity contribution < 1.29 is 4.79 Å². The van der Waals surface area contributed by atoms with Crippen LogP contribution in [0.25, 0.3) is 10.9 Å². The van der Waals surface area contributed by atoms with Crippen LogP contribution in [0.3, 0.4) is 0 Å². The van der Waals surface area contributed by atoms with E-state index in [2.05, 4.69) is 34.4 Å². The van der Waals surface area contributed by atoms with E-state index in [1.165, 1.54) is 4.68 Å². The number of hydrogen-bond acceptors (Lipinski definition) is 5. The number of amides is 1. The van der Waals surface area contributed by atoms with Crippen LogP contribution in [0.2, 0.25) is 0 Å². The smallest absolute Gasteiger partial charge is 0.277 e. The van der Waals surface area contributed by atoms with Crippen molar-refractivity contribution in [2.24, 2.45) is 0 Å². The monoisotopic (exact) mass is 379 g/mol. The van der Waals surface area contributed by atoms with Gasteiger partial charge in [-0.1, -0.05) is 43.3 Å². The van der Waals surface area contributed by atoms with Crippen LogP contribution in [0.5, 0.6) is 0 Å². The van der Waals surface area contributed by atoms with Crippen molar-refractivity contribution in [2.45, 2.75) is 20.4 Å². The molecule has 0 radical (unpaired) electrons. The number of benzene rings is 2. The predicted molar refractivity (Wildman–Crippen MR) is 109 cm³/mol. The fourth-order valence-electron chi connectivity index (χ4n) is 3.03. The number of aromatic nitrogens is 3. The molecule has 1 aromatic heterocycles. The van der Waals surface area contributed by atoms with Gasteiger partial charge in [-0.15, -0.1) is 5.10 Å². The molecule has 3 aromatic rings. The first-order valence-electron chi connectivity index (χ1n) is 9.54. The summed E-state index contributed by atoms with van der Waals surface area (Å²) >= 11 is 0. The van der Waals surface area contributed by atoms with Crippen molar-refractivity contribution in [3.8, 4) is 0 Å². The Balaban J connectivity index is 1.64. The lowest BCUT2D eigenvalue weighted by atomic mass is 10.1. The van der Waals surface area contributed by atoms with Gasteiger partial charge in [0.15, 0.2) is 0 Å². The minimum Gasteiger partial charge on any atom is -0.351 e. The zero-order chi connectivity index (χ0) is 19.9. The van der Waals surface area contributed by atoms with E-state index in [1.807, 2.05) is 24.3 Å². The molecule has 7 nitrogen and oxygen atoms in total. The van der Waals surface area contributed by atoms with E-state index in [9.17, 15) is 9.59 Å². The average molecular weight is 379 g/mol. The van der Waals surface area contributed by atoms with E-state index in [1.54, 1.807) is 24.3 Å². The molecule has 28 heavy (non-hydrogen) atoms. The minimum atomic E-state index is -0.177. The highest BCUT2D eigenvalue weighted by Crippen LogP contribution is 2.07. The molecule has 3 rings (SSSR count). The van der Waals surface area contributed by atoms with Gasteiger partial charge in [0, 0.05) is 18.7 Å². The molecule has 1 heterocycles. The number of rotatable bonds is 8. The van der Waals surface area contributed by atoms with Gasteiger partial charge in [0.2, 0.25) is 0 Å². The highest BCUT2D eigenvalue weighted by atomic mass is 16.1. The summed E-state index contributed by atoms with van der Waals surface area (Å²) in [6.07, 6.45) is 0. The zero-order valence-corrected chi connectivity index (χ0v) is 16.3. The topological polar surface area (TPSA) is 80.1 Å². The van der Waals surface area contributed by atoms with Gasteiger partial charge in [0.1, 0.15) is 5.52 Å². The van der Waals surface area contributed by atoms with Crippen LogP contribution in [0.4, 0.5) is 0 Å². The molecule has 0 bridgehead atoms. The molecule has 1 amide bonds. The molecule has 1 N–H and O–H groups in total. The van der Waals surface area contributed by atoms with Crippen molar-refractivity contribution in [1.82, 2.24) is 25.2 Å². The summed E-state index contributed by atoms with van der Waals surface area (Å²) < 4.78 is 1.33. The quantitative estimate of drug-likeness (QED) is 0.647. The van der Waals surface area contributed by atoms with Gasteiger partial charge >= 0.3 is 0 Å². The maximum Gasteiger partial charge on any atom is 0.277 e. The number of fused-ring (bicyclic) bond motifs is 1. The molecule has 2 aromatic carbocycles. The Kier molecular flexibility index (Phi) is 6.49. The highest BCUT2D eigenvalue weighted by molar-refractivity contribution is 5.94. The molecule has 0 aliphatic carbocycles. The minimum absolute atomic E-state index is 0.0960. The first-order chi connectivity index (χ1) is 13.6. The number of nitrogens with one attached hydrogen (secondary N) is 1. The van der Waals surface area contributed by atoms with E-state index < -0.39 is 0 Å². The van der Waals surface area contributed by atoms with Crippen molar-refractivity contribution in [1.29, 1.82) is 0 Å². The second-order valence-electron chi connectivity index (χ2n) is 6.55. The number of nitrogens with zero attached hydrogens (tertiary/aromatic N) is 4. The van der Waals surface area contributed by atoms with E-state index in [0.717, 1.165) is 25.2 Å². The van der Waals surface area contributed by atoms with Crippen LogP contribution >= 0.6 is 0 Å². The van der Waals surface area contributed by atoms with Crippen molar-refractivity contribution in [3.63, 3.8) is 0 Å². The molecular formula is C21H25N5O2. The Bertz CT molecular complexity index is 994. The molecule has 0 fully saturated rings. The Morgan fingerprint density at radius 1 is 1.07 bits per heavy atom. The first-order valence-corrected chi connectivity index (χ1v) is 9.54. The first kappa shape index (κ1) is 19.7. The third kappa shape index (κ3) is 4.61. The second-order valence-corrected chi connectivity index (χ2v) is 6.55. The lowest BCUT2D eigenvalue weighted by Crippen LogP contribution is -2.34. The molecule has 0 unspecified atom stereocenters. The zero-order valence-electron chi connectivity index (χ0n) is 16.3. The molecule has 0 aliphatic rings. The van der Waals surface area contributed by atoms with E-state index in [4.69, 9.17) is 0 Å². The van der Waals surface area contributed by atoms with Crippen LogP contribution in [0.1, 0.15) is 29.8 Å². The third-order valence-corrected chi connectivity index (χ3v) is 4.79. The van der Waals surface area contributed by atoms with E-state index in [-0.39, 0.29) is 11.5 Å². The fraction of sp³-hybridized carbons (Fsp3) is 0.333. The van der Waals surface area contributed by atoms with Gasteiger partial charge in [-0.05, 0) is 42.9 Å². The number of carbonyl (C=O) groups is 1. The lowest BCUT2D eigenvalue weighted by Gasteiger charge is -2.17. The van der Waals surface area contributed by atoms with E-state index in [0.29, 0.717) is 29.6 Å². The van der Waals surface area contributed by atoms with Crippen molar-refractivity contribution in [2.75, 3.05) is 26.2 Å². The summed E-state index contributed by atoms with van der Waals surface area (Å²) in [6.45, 7) is 7.91. The maximum absolute atomic E-state index is 12.5. The number of likely N-dealkylation sites (N-methyl/N-ethyl adjacent to an activating group) is 1. The summed E-state index contributed by atoms with van der Waals surface area (Å²) in [6, 6.07) is 14.3. The summed E-state index contributed by atoms with van der Waals surface area (Å²) in [4.78, 5) is 27.0. The Morgan fingerprint density at radius 3 is 2.50 bits per heavy atom. The summed E-state index contributed by atoms with van der Waals surface area (Å²) in [5, 5.41) is 11.6. The fourth-order valence-corrected chi connectivity index (χ4v) is 3.03. The lowest BCUT2D eigenvalue weighted by molar-refractivity contribution is 0.0949. The average Bonchev–Trinajstić information content (AvgIpc) is 2.74. The summed E-state index contributed by atoms with van der Waals surface area (Å²) in [7, 11) is 0. The Morgan fingerprint density at radius 2 is 1.79 bits per heavy atom. The standard InChI is InChI=1S/C21H25N5O2/c1-3-25(4-2)14-13-22-20(27)17-11-9-16(10-12-17)15-26-21(28)18-7-5-6-8-19(18)23-24-26/h5-12H,3-4,13-15H2,1-2H3,(H,22,27). The van der Waals surface area contributed by atoms with Gasteiger partial charge in [-0.3, -0.25) is 9.59 Å². The van der Waals surface area contributed by atoms with Crippen LogP contribution in [0, 0.1) is 0 Å². The summed E-state index contributed by atoms with van der Waals surface area (Å²) in [5.74, 6) is -0.0960. The van der Waals surface area contributed by atoms with Gasteiger partial charge in [-0.2, -0.15) is 0 Å². The Hall–Kier alpha value is -3.06. The van der Waals surface area contributed by atoms with Crippen LogP contribution in [-0.4, -0.2) is 52.0 Å². The molecular weight excluding hydrogens is 354 g/mol. The molecule has 7 heteroatoms. The summed E-state index contributed by atoms with van der Waals surface area (Å²) in [5.41, 5.74) is 1.89. The van der Waals surface area contributed by atoms with Gasteiger partial charge in [0.25, 0.3) is 11.5 Å². The molecule has 0 spiro atoms. The molecule has 0 saturated heterocycles. The molecule has 146 valence electrons. The van der Waals surface area contributed by atoms with Crippen LogP contribution in [0.15, 0.2) is 53.3 Å². The highest BCUT2D eigenvalue weighted by Gasteiger charge is 2.08. The van der Waals surface area contributed by atoms with Crippen LogP contribution in [-0.2, 0) is 6.54 Å². The van der Waals surface area contributed by atoms with Crippen molar-refractivity contribution in [3.05, 3.63) is 70.0 Å². The third-order valence-electron chi connectivity index (χ3n) is 4.79. The Labute approximate surface area is 164 Å². The molecule has 0 atom stereocenters. The van der Waals surface area contributed by atoms with Crippen molar-refractivity contribution >= 4 is 16.8 Å². The van der Waals surface area contributed by atoms with Gasteiger partial charge < -0.3 is 10.2 Å². The number of carbonyl (C=O) groups excluding carboxylic acids is 1. The normalized spacial score (nSPS) is 11.1. The molecule has 0 aliphatic heterocycles. The SMILES string of the molecule is CCN(CC)CCNC(=O)c1ccc(Cn2nnc3ccccc3c2=O)cc1. The molecule has 0 saturated carbocycles. The second kappa shape index (κ2) is 9.23. The largest absolute Gasteiger partial charge is 0.351 e.